The SMILES string of the molecule is OCCn1ncc2c1CCCC2NCc1ccncc1. The van der Waals surface area contributed by atoms with Crippen LogP contribution in [0.2, 0.25) is 0 Å². The van der Waals surface area contributed by atoms with E-state index in [9.17, 15) is 0 Å². The fraction of sp³-hybridized carbons (Fsp3) is 0.467. The Labute approximate surface area is 118 Å². The van der Waals surface area contributed by atoms with Gasteiger partial charge in [0.2, 0.25) is 0 Å². The molecule has 2 aromatic rings. The highest BCUT2D eigenvalue weighted by molar-refractivity contribution is 5.25. The molecule has 0 aromatic carbocycles. The molecule has 2 N–H and O–H groups in total. The van der Waals surface area contributed by atoms with Crippen molar-refractivity contribution in [3.8, 4) is 0 Å². The summed E-state index contributed by atoms with van der Waals surface area (Å²) in [5.41, 5.74) is 3.81. The van der Waals surface area contributed by atoms with Crippen LogP contribution in [0.1, 0.15) is 35.7 Å². The van der Waals surface area contributed by atoms with Crippen molar-refractivity contribution >= 4 is 0 Å². The van der Waals surface area contributed by atoms with Gasteiger partial charge in [-0.05, 0) is 37.0 Å². The molecule has 1 unspecified atom stereocenters. The number of hydrogen-bond donors (Lipinski definition) is 2. The van der Waals surface area contributed by atoms with Gasteiger partial charge in [-0.2, -0.15) is 5.10 Å². The Morgan fingerprint density at radius 2 is 2.20 bits per heavy atom. The maximum atomic E-state index is 9.08. The Bertz CT molecular complexity index is 552. The summed E-state index contributed by atoms with van der Waals surface area (Å²) >= 11 is 0. The molecule has 0 saturated heterocycles. The third kappa shape index (κ3) is 2.73. The van der Waals surface area contributed by atoms with Crippen molar-refractivity contribution in [2.75, 3.05) is 6.61 Å². The molecule has 1 aliphatic rings. The first kappa shape index (κ1) is 13.3. The second-order valence-corrected chi connectivity index (χ2v) is 5.17. The smallest absolute Gasteiger partial charge is 0.0644 e. The third-order valence-corrected chi connectivity index (χ3v) is 3.88. The van der Waals surface area contributed by atoms with Gasteiger partial charge in [-0.3, -0.25) is 9.67 Å². The van der Waals surface area contributed by atoms with E-state index in [1.165, 1.54) is 16.8 Å². The molecular weight excluding hydrogens is 252 g/mol. The molecule has 2 heterocycles. The Hall–Kier alpha value is -1.72. The highest BCUT2D eigenvalue weighted by atomic mass is 16.3. The van der Waals surface area contributed by atoms with Crippen LogP contribution in [0.4, 0.5) is 0 Å². The second-order valence-electron chi connectivity index (χ2n) is 5.17. The quantitative estimate of drug-likeness (QED) is 0.864. The van der Waals surface area contributed by atoms with Crippen LogP contribution < -0.4 is 5.32 Å². The molecule has 0 aliphatic heterocycles. The van der Waals surface area contributed by atoms with E-state index in [-0.39, 0.29) is 6.61 Å². The van der Waals surface area contributed by atoms with Gasteiger partial charge in [0.25, 0.3) is 0 Å². The number of fused-ring (bicyclic) bond motifs is 1. The molecule has 0 fully saturated rings. The molecule has 0 spiro atoms. The molecule has 2 aromatic heterocycles. The summed E-state index contributed by atoms with van der Waals surface area (Å²) in [5.74, 6) is 0. The third-order valence-electron chi connectivity index (χ3n) is 3.88. The molecule has 20 heavy (non-hydrogen) atoms. The van der Waals surface area contributed by atoms with Crippen molar-refractivity contribution in [2.45, 2.75) is 38.4 Å². The molecule has 1 aliphatic carbocycles. The van der Waals surface area contributed by atoms with Gasteiger partial charge in [-0.15, -0.1) is 0 Å². The van der Waals surface area contributed by atoms with E-state index < -0.39 is 0 Å². The van der Waals surface area contributed by atoms with Gasteiger partial charge < -0.3 is 10.4 Å². The summed E-state index contributed by atoms with van der Waals surface area (Å²) in [6.45, 7) is 1.58. The minimum absolute atomic E-state index is 0.142. The monoisotopic (exact) mass is 272 g/mol. The predicted molar refractivity (Wildman–Crippen MR) is 76.1 cm³/mol. The zero-order valence-electron chi connectivity index (χ0n) is 11.5. The molecular formula is C15H20N4O. The van der Waals surface area contributed by atoms with Crippen molar-refractivity contribution in [3.63, 3.8) is 0 Å². The van der Waals surface area contributed by atoms with Gasteiger partial charge in [-0.25, -0.2) is 0 Å². The van der Waals surface area contributed by atoms with Gasteiger partial charge in [0.05, 0.1) is 19.3 Å². The van der Waals surface area contributed by atoms with E-state index in [1.807, 2.05) is 35.4 Å². The summed E-state index contributed by atoms with van der Waals surface area (Å²) in [6.07, 6.45) is 8.96. The number of aromatic nitrogens is 3. The van der Waals surface area contributed by atoms with E-state index in [0.29, 0.717) is 12.6 Å². The number of aliphatic hydroxyl groups excluding tert-OH is 1. The average molecular weight is 272 g/mol. The average Bonchev–Trinajstić information content (AvgIpc) is 2.91. The standard InChI is InChI=1S/C15H20N4O/c20-9-8-19-15-3-1-2-14(13(15)11-18-19)17-10-12-4-6-16-7-5-12/h4-7,11,14,17,20H,1-3,8-10H2. The molecule has 1 atom stereocenters. The Kier molecular flexibility index (Phi) is 4.08. The fourth-order valence-electron chi connectivity index (χ4n) is 2.86. The van der Waals surface area contributed by atoms with E-state index in [1.54, 1.807) is 0 Å². The lowest BCUT2D eigenvalue weighted by Gasteiger charge is -2.24. The molecule has 3 rings (SSSR count). The minimum Gasteiger partial charge on any atom is -0.394 e. The minimum atomic E-state index is 0.142. The van der Waals surface area contributed by atoms with Crippen LogP contribution in [0.3, 0.4) is 0 Å². The van der Waals surface area contributed by atoms with Crippen LogP contribution in [0.25, 0.3) is 0 Å². The largest absolute Gasteiger partial charge is 0.394 e. The second kappa shape index (κ2) is 6.15. The highest BCUT2D eigenvalue weighted by Crippen LogP contribution is 2.29. The topological polar surface area (TPSA) is 63.0 Å². The van der Waals surface area contributed by atoms with Crippen molar-refractivity contribution in [1.82, 2.24) is 20.1 Å². The molecule has 106 valence electrons. The molecule has 0 amide bonds. The first-order chi connectivity index (χ1) is 9.88. The number of nitrogens with one attached hydrogen (secondary N) is 1. The van der Waals surface area contributed by atoms with E-state index in [0.717, 1.165) is 25.8 Å². The first-order valence-electron chi connectivity index (χ1n) is 7.16. The molecule has 0 saturated carbocycles. The summed E-state index contributed by atoms with van der Waals surface area (Å²) in [6, 6.07) is 4.43. The maximum absolute atomic E-state index is 9.08. The van der Waals surface area contributed by atoms with Gasteiger partial charge in [-0.1, -0.05) is 0 Å². The number of pyridine rings is 1. The molecule has 0 radical (unpaired) electrons. The van der Waals surface area contributed by atoms with Crippen LogP contribution in [0, 0.1) is 0 Å². The van der Waals surface area contributed by atoms with E-state index in [4.69, 9.17) is 5.11 Å². The maximum Gasteiger partial charge on any atom is 0.0644 e. The number of rotatable bonds is 5. The van der Waals surface area contributed by atoms with Gasteiger partial charge in [0.1, 0.15) is 0 Å². The first-order valence-corrected chi connectivity index (χ1v) is 7.16. The Morgan fingerprint density at radius 1 is 1.35 bits per heavy atom. The Balaban J connectivity index is 1.70. The lowest BCUT2D eigenvalue weighted by Crippen LogP contribution is -2.25. The molecule has 0 bridgehead atoms. The van der Waals surface area contributed by atoms with Crippen molar-refractivity contribution in [1.29, 1.82) is 0 Å². The van der Waals surface area contributed by atoms with Crippen LogP contribution in [0.15, 0.2) is 30.7 Å². The predicted octanol–water partition coefficient (Wildman–Crippen LogP) is 1.44. The van der Waals surface area contributed by atoms with Gasteiger partial charge in [0, 0.05) is 36.2 Å². The van der Waals surface area contributed by atoms with Crippen LogP contribution in [0.5, 0.6) is 0 Å². The number of hydrogen-bond acceptors (Lipinski definition) is 4. The lowest BCUT2D eigenvalue weighted by atomic mass is 9.93. The highest BCUT2D eigenvalue weighted by Gasteiger charge is 2.23. The van der Waals surface area contributed by atoms with Crippen LogP contribution >= 0.6 is 0 Å². The molecule has 5 nitrogen and oxygen atoms in total. The zero-order valence-corrected chi connectivity index (χ0v) is 11.5. The molecule has 5 heteroatoms. The number of nitrogens with zero attached hydrogens (tertiary/aromatic N) is 3. The van der Waals surface area contributed by atoms with E-state index in [2.05, 4.69) is 15.4 Å². The van der Waals surface area contributed by atoms with Crippen molar-refractivity contribution in [3.05, 3.63) is 47.5 Å². The summed E-state index contributed by atoms with van der Waals surface area (Å²) in [5, 5.41) is 17.1. The lowest BCUT2D eigenvalue weighted by molar-refractivity contribution is 0.266. The van der Waals surface area contributed by atoms with Gasteiger partial charge >= 0.3 is 0 Å². The van der Waals surface area contributed by atoms with E-state index >= 15 is 0 Å². The van der Waals surface area contributed by atoms with Crippen molar-refractivity contribution < 1.29 is 5.11 Å². The fourth-order valence-corrected chi connectivity index (χ4v) is 2.86. The Morgan fingerprint density at radius 3 is 3.00 bits per heavy atom. The van der Waals surface area contributed by atoms with Crippen LogP contribution in [-0.4, -0.2) is 26.5 Å². The van der Waals surface area contributed by atoms with Crippen molar-refractivity contribution in [2.24, 2.45) is 0 Å². The van der Waals surface area contributed by atoms with Gasteiger partial charge in [0.15, 0.2) is 0 Å². The number of aliphatic hydroxyl groups is 1. The zero-order chi connectivity index (χ0) is 13.8. The summed E-state index contributed by atoms with van der Waals surface area (Å²) < 4.78 is 1.94. The summed E-state index contributed by atoms with van der Waals surface area (Å²) in [4.78, 5) is 4.04. The summed E-state index contributed by atoms with van der Waals surface area (Å²) in [7, 11) is 0. The normalized spacial score (nSPS) is 17.9. The van der Waals surface area contributed by atoms with Crippen LogP contribution in [-0.2, 0) is 19.5 Å².